The number of hydrogen-bond acceptors (Lipinski definition) is 1. The summed E-state index contributed by atoms with van der Waals surface area (Å²) in [5, 5.41) is 3.45. The molecule has 0 aromatic rings. The van der Waals surface area contributed by atoms with Crippen molar-refractivity contribution in [3.05, 3.63) is 60.4 Å². The minimum Gasteiger partial charge on any atom is -0.379 e. The Morgan fingerprint density at radius 1 is 1.33 bits per heavy atom. The van der Waals surface area contributed by atoms with E-state index in [1.54, 1.807) is 0 Å². The molecular weight excluding hydrogens is 182 g/mol. The summed E-state index contributed by atoms with van der Waals surface area (Å²) in [4.78, 5) is 0. The predicted molar refractivity (Wildman–Crippen MR) is 65.3 cm³/mol. The Hall–Kier alpha value is -1.50. The van der Waals surface area contributed by atoms with Gasteiger partial charge in [-0.1, -0.05) is 50.0 Å². The number of fused-ring (bicyclic) bond motifs is 1. The van der Waals surface area contributed by atoms with Crippen molar-refractivity contribution in [3.63, 3.8) is 0 Å². The molecule has 1 nitrogen and oxygen atoms in total. The van der Waals surface area contributed by atoms with E-state index < -0.39 is 0 Å². The molecule has 0 aromatic heterocycles. The largest absolute Gasteiger partial charge is 0.379 e. The van der Waals surface area contributed by atoms with Crippen LogP contribution in [0.4, 0.5) is 0 Å². The van der Waals surface area contributed by atoms with Crippen molar-refractivity contribution >= 4 is 0 Å². The summed E-state index contributed by atoms with van der Waals surface area (Å²) in [5.74, 6) is 0.489. The van der Waals surface area contributed by atoms with Gasteiger partial charge in [0.1, 0.15) is 0 Å². The Bertz CT molecular complexity index is 369. The molecule has 0 fully saturated rings. The first-order valence-electron chi connectivity index (χ1n) is 5.44. The van der Waals surface area contributed by atoms with E-state index >= 15 is 0 Å². The second-order valence-electron chi connectivity index (χ2n) is 4.09. The maximum absolute atomic E-state index is 3.99. The van der Waals surface area contributed by atoms with Gasteiger partial charge in [-0.25, -0.2) is 0 Å². The van der Waals surface area contributed by atoms with Gasteiger partial charge in [-0.05, 0) is 24.0 Å². The molecule has 1 N–H and O–H groups in total. The molecule has 2 atom stereocenters. The van der Waals surface area contributed by atoms with Crippen molar-refractivity contribution in [3.8, 4) is 0 Å². The molecule has 0 aromatic carbocycles. The van der Waals surface area contributed by atoms with Crippen LogP contribution >= 0.6 is 0 Å². The van der Waals surface area contributed by atoms with E-state index in [1.807, 2.05) is 12.2 Å². The molecule has 2 unspecified atom stereocenters. The third-order valence-electron chi connectivity index (χ3n) is 2.89. The van der Waals surface area contributed by atoms with Crippen molar-refractivity contribution in [1.29, 1.82) is 0 Å². The standard InChI is InChI=1S/C14H17N/c1-11-7-3-4-8-12(2)15-14-10-6-5-9-13(11)14/h3-9,11,14-15H,2,10H2,1H3/b7-3-,8-4-. The second kappa shape index (κ2) is 4.35. The molecular formula is C14H17N. The van der Waals surface area contributed by atoms with Gasteiger partial charge in [0.25, 0.3) is 0 Å². The van der Waals surface area contributed by atoms with Gasteiger partial charge in [0, 0.05) is 5.70 Å². The molecule has 78 valence electrons. The van der Waals surface area contributed by atoms with Gasteiger partial charge in [0.15, 0.2) is 0 Å². The van der Waals surface area contributed by atoms with E-state index in [2.05, 4.69) is 49.2 Å². The minimum atomic E-state index is 0.407. The molecule has 0 bridgehead atoms. The van der Waals surface area contributed by atoms with Crippen LogP contribution in [0.2, 0.25) is 0 Å². The molecule has 0 radical (unpaired) electrons. The van der Waals surface area contributed by atoms with E-state index in [4.69, 9.17) is 0 Å². The average Bonchev–Trinajstić information content (AvgIpc) is 2.30. The zero-order valence-electron chi connectivity index (χ0n) is 9.11. The molecule has 1 heterocycles. The highest BCUT2D eigenvalue weighted by Crippen LogP contribution is 2.24. The van der Waals surface area contributed by atoms with Crippen LogP contribution in [0, 0.1) is 5.92 Å². The molecule has 0 amide bonds. The Morgan fingerprint density at radius 3 is 3.07 bits per heavy atom. The van der Waals surface area contributed by atoms with Gasteiger partial charge in [-0.3, -0.25) is 0 Å². The number of nitrogens with one attached hydrogen (secondary N) is 1. The first-order chi connectivity index (χ1) is 7.27. The van der Waals surface area contributed by atoms with E-state index in [0.717, 1.165) is 12.1 Å². The molecule has 15 heavy (non-hydrogen) atoms. The van der Waals surface area contributed by atoms with Gasteiger partial charge in [0.05, 0.1) is 6.04 Å². The maximum Gasteiger partial charge on any atom is 0.0516 e. The number of rotatable bonds is 0. The van der Waals surface area contributed by atoms with Crippen LogP contribution in [0.25, 0.3) is 0 Å². The zero-order chi connectivity index (χ0) is 10.7. The molecule has 0 saturated carbocycles. The first kappa shape index (κ1) is 10.0. The fourth-order valence-electron chi connectivity index (χ4n) is 2.04. The summed E-state index contributed by atoms with van der Waals surface area (Å²) < 4.78 is 0. The van der Waals surface area contributed by atoms with Crippen LogP contribution < -0.4 is 5.32 Å². The van der Waals surface area contributed by atoms with Crippen molar-refractivity contribution in [2.75, 3.05) is 0 Å². The molecule has 0 saturated heterocycles. The smallest absolute Gasteiger partial charge is 0.0516 e. The molecule has 2 rings (SSSR count). The summed E-state index contributed by atoms with van der Waals surface area (Å²) in [6, 6.07) is 0.407. The molecule has 0 spiro atoms. The lowest BCUT2D eigenvalue weighted by Crippen LogP contribution is -2.32. The van der Waals surface area contributed by atoms with Crippen LogP contribution in [0.1, 0.15) is 13.3 Å². The lowest BCUT2D eigenvalue weighted by Gasteiger charge is -2.26. The molecule has 1 aliphatic heterocycles. The highest BCUT2D eigenvalue weighted by molar-refractivity contribution is 5.33. The Labute approximate surface area is 91.6 Å². The van der Waals surface area contributed by atoms with Crippen molar-refractivity contribution < 1.29 is 0 Å². The van der Waals surface area contributed by atoms with Crippen LogP contribution in [0.5, 0.6) is 0 Å². The maximum atomic E-state index is 3.99. The summed E-state index contributed by atoms with van der Waals surface area (Å²) in [6.45, 7) is 6.22. The van der Waals surface area contributed by atoms with Crippen LogP contribution in [0.3, 0.4) is 0 Å². The Morgan fingerprint density at radius 2 is 2.20 bits per heavy atom. The highest BCUT2D eigenvalue weighted by atomic mass is 14.9. The summed E-state index contributed by atoms with van der Waals surface area (Å²) in [7, 11) is 0. The Balaban J connectivity index is 2.29. The SMILES string of the molecule is C=C1/C=C\C=C/C(C)C2=CC=CCC2N1. The van der Waals surface area contributed by atoms with E-state index in [-0.39, 0.29) is 0 Å². The predicted octanol–water partition coefficient (Wildman–Crippen LogP) is 3.11. The topological polar surface area (TPSA) is 12.0 Å². The van der Waals surface area contributed by atoms with Crippen LogP contribution in [0.15, 0.2) is 60.4 Å². The summed E-state index contributed by atoms with van der Waals surface area (Å²) in [6.07, 6.45) is 16.0. The second-order valence-corrected chi connectivity index (χ2v) is 4.09. The lowest BCUT2D eigenvalue weighted by molar-refractivity contribution is 0.598. The monoisotopic (exact) mass is 199 g/mol. The lowest BCUT2D eigenvalue weighted by atomic mass is 9.89. The first-order valence-corrected chi connectivity index (χ1v) is 5.44. The minimum absolute atomic E-state index is 0.407. The van der Waals surface area contributed by atoms with Crippen LogP contribution in [-0.4, -0.2) is 6.04 Å². The third kappa shape index (κ3) is 2.30. The van der Waals surface area contributed by atoms with Crippen molar-refractivity contribution in [2.24, 2.45) is 5.92 Å². The van der Waals surface area contributed by atoms with Gasteiger partial charge >= 0.3 is 0 Å². The zero-order valence-corrected chi connectivity index (χ0v) is 9.11. The fraction of sp³-hybridized carbons (Fsp3) is 0.286. The normalized spacial score (nSPS) is 33.9. The van der Waals surface area contributed by atoms with Crippen molar-refractivity contribution in [2.45, 2.75) is 19.4 Å². The van der Waals surface area contributed by atoms with Gasteiger partial charge in [-0.15, -0.1) is 0 Å². The molecule has 2 aliphatic rings. The highest BCUT2D eigenvalue weighted by Gasteiger charge is 2.18. The average molecular weight is 199 g/mol. The Kier molecular flexibility index (Phi) is 2.91. The summed E-state index contributed by atoms with van der Waals surface area (Å²) in [5.41, 5.74) is 2.43. The van der Waals surface area contributed by atoms with Crippen LogP contribution in [-0.2, 0) is 0 Å². The van der Waals surface area contributed by atoms with E-state index in [0.29, 0.717) is 12.0 Å². The molecule has 1 heteroatoms. The van der Waals surface area contributed by atoms with Crippen molar-refractivity contribution in [1.82, 2.24) is 5.32 Å². The summed E-state index contributed by atoms with van der Waals surface area (Å²) >= 11 is 0. The third-order valence-corrected chi connectivity index (χ3v) is 2.89. The van der Waals surface area contributed by atoms with Gasteiger partial charge < -0.3 is 5.32 Å². The number of allylic oxidation sites excluding steroid dienone is 6. The fourth-order valence-corrected chi connectivity index (χ4v) is 2.04. The van der Waals surface area contributed by atoms with Gasteiger partial charge in [0.2, 0.25) is 0 Å². The number of hydrogen-bond donors (Lipinski definition) is 1. The van der Waals surface area contributed by atoms with Gasteiger partial charge in [-0.2, -0.15) is 0 Å². The quantitative estimate of drug-likeness (QED) is 0.632. The molecule has 1 aliphatic carbocycles. The van der Waals surface area contributed by atoms with E-state index in [1.165, 1.54) is 5.57 Å². The van der Waals surface area contributed by atoms with E-state index in [9.17, 15) is 0 Å².